The second kappa shape index (κ2) is 5.75. The van der Waals surface area contributed by atoms with Crippen molar-refractivity contribution in [3.05, 3.63) is 11.7 Å². The average Bonchev–Trinajstić information content (AvgIpc) is 2.58. The molecule has 0 aliphatic carbocycles. The first kappa shape index (κ1) is 11.2. The van der Waals surface area contributed by atoms with Gasteiger partial charge in [-0.25, -0.2) is 0 Å². The number of nitrogens with one attached hydrogen (secondary N) is 1. The predicted molar refractivity (Wildman–Crippen MR) is 55.1 cm³/mol. The lowest BCUT2D eigenvalue weighted by atomic mass is 10.1. The molecule has 0 fully saturated rings. The van der Waals surface area contributed by atoms with Crippen molar-refractivity contribution >= 4 is 0 Å². The van der Waals surface area contributed by atoms with E-state index >= 15 is 0 Å². The first-order chi connectivity index (χ1) is 6.72. The molecule has 1 unspecified atom stereocenters. The molecular formula is C10H19N3O. The highest BCUT2D eigenvalue weighted by atomic mass is 16.5. The lowest BCUT2D eigenvalue weighted by Crippen LogP contribution is -2.23. The maximum atomic E-state index is 5.00. The summed E-state index contributed by atoms with van der Waals surface area (Å²) in [4.78, 5) is 4.13. The molecular weight excluding hydrogens is 178 g/mol. The molecule has 80 valence electrons. The van der Waals surface area contributed by atoms with E-state index in [1.807, 2.05) is 6.92 Å². The Hall–Kier alpha value is -0.900. The summed E-state index contributed by atoms with van der Waals surface area (Å²) in [5, 5.41) is 7.10. The van der Waals surface area contributed by atoms with Crippen LogP contribution in [0.1, 0.15) is 32.0 Å². The minimum absolute atomic E-state index is 0.710. The number of aromatic nitrogens is 2. The van der Waals surface area contributed by atoms with Gasteiger partial charge < -0.3 is 9.84 Å². The molecule has 0 radical (unpaired) electrons. The standard InChI is InChI=1S/C10H19N3O/c1-4-8(2)7-11-6-5-10-12-9(3)13-14-10/h8,11H,4-7H2,1-3H3. The van der Waals surface area contributed by atoms with Gasteiger partial charge in [0.25, 0.3) is 0 Å². The molecule has 0 saturated carbocycles. The van der Waals surface area contributed by atoms with Gasteiger partial charge in [-0.15, -0.1) is 0 Å². The summed E-state index contributed by atoms with van der Waals surface area (Å²) in [6, 6.07) is 0. The Morgan fingerprint density at radius 2 is 2.29 bits per heavy atom. The van der Waals surface area contributed by atoms with E-state index in [0.29, 0.717) is 5.82 Å². The highest BCUT2D eigenvalue weighted by Crippen LogP contribution is 1.98. The molecule has 1 atom stereocenters. The van der Waals surface area contributed by atoms with Gasteiger partial charge in [0, 0.05) is 13.0 Å². The van der Waals surface area contributed by atoms with Gasteiger partial charge in [-0.1, -0.05) is 25.4 Å². The van der Waals surface area contributed by atoms with Crippen LogP contribution in [0.4, 0.5) is 0 Å². The summed E-state index contributed by atoms with van der Waals surface area (Å²) in [6.45, 7) is 8.24. The zero-order chi connectivity index (χ0) is 10.4. The van der Waals surface area contributed by atoms with Crippen molar-refractivity contribution in [2.75, 3.05) is 13.1 Å². The minimum Gasteiger partial charge on any atom is -0.339 e. The Labute approximate surface area is 85.1 Å². The van der Waals surface area contributed by atoms with E-state index in [4.69, 9.17) is 4.52 Å². The molecule has 0 aliphatic rings. The lowest BCUT2D eigenvalue weighted by Gasteiger charge is -2.08. The third-order valence-corrected chi connectivity index (χ3v) is 2.27. The monoisotopic (exact) mass is 197 g/mol. The molecule has 1 heterocycles. The Balaban J connectivity index is 2.10. The quantitative estimate of drug-likeness (QED) is 0.703. The van der Waals surface area contributed by atoms with E-state index in [2.05, 4.69) is 29.3 Å². The molecule has 1 aromatic rings. The van der Waals surface area contributed by atoms with E-state index in [1.54, 1.807) is 0 Å². The van der Waals surface area contributed by atoms with Crippen molar-refractivity contribution in [1.29, 1.82) is 0 Å². The Bertz CT molecular complexity index is 260. The minimum atomic E-state index is 0.710. The van der Waals surface area contributed by atoms with Crippen LogP contribution in [0.25, 0.3) is 0 Å². The van der Waals surface area contributed by atoms with Crippen molar-refractivity contribution < 1.29 is 4.52 Å². The second-order valence-corrected chi connectivity index (χ2v) is 3.70. The van der Waals surface area contributed by atoms with E-state index in [0.717, 1.165) is 31.3 Å². The van der Waals surface area contributed by atoms with Crippen LogP contribution in [0.15, 0.2) is 4.52 Å². The van der Waals surface area contributed by atoms with Gasteiger partial charge in [-0.3, -0.25) is 0 Å². The van der Waals surface area contributed by atoms with Crippen LogP contribution in [0.2, 0.25) is 0 Å². The number of hydrogen-bond acceptors (Lipinski definition) is 4. The van der Waals surface area contributed by atoms with Gasteiger partial charge in [0.15, 0.2) is 5.82 Å². The zero-order valence-corrected chi connectivity index (χ0v) is 9.21. The first-order valence-electron chi connectivity index (χ1n) is 5.22. The van der Waals surface area contributed by atoms with Crippen molar-refractivity contribution in [3.63, 3.8) is 0 Å². The average molecular weight is 197 g/mol. The topological polar surface area (TPSA) is 51.0 Å². The number of rotatable bonds is 6. The summed E-state index contributed by atoms with van der Waals surface area (Å²) >= 11 is 0. The second-order valence-electron chi connectivity index (χ2n) is 3.70. The van der Waals surface area contributed by atoms with Gasteiger partial charge in [0.1, 0.15) is 0 Å². The molecule has 0 amide bonds. The van der Waals surface area contributed by atoms with Gasteiger partial charge in [-0.2, -0.15) is 4.98 Å². The van der Waals surface area contributed by atoms with Gasteiger partial charge >= 0.3 is 0 Å². The fourth-order valence-corrected chi connectivity index (χ4v) is 1.13. The molecule has 1 aromatic heterocycles. The molecule has 1 N–H and O–H groups in total. The summed E-state index contributed by atoms with van der Waals surface area (Å²) in [5.41, 5.74) is 0. The van der Waals surface area contributed by atoms with Crippen molar-refractivity contribution in [3.8, 4) is 0 Å². The van der Waals surface area contributed by atoms with E-state index in [9.17, 15) is 0 Å². The highest BCUT2D eigenvalue weighted by Gasteiger charge is 2.02. The summed E-state index contributed by atoms with van der Waals surface area (Å²) in [5.74, 6) is 2.17. The molecule has 4 nitrogen and oxygen atoms in total. The predicted octanol–water partition coefficient (Wildman–Crippen LogP) is 1.56. The van der Waals surface area contributed by atoms with Crippen molar-refractivity contribution in [2.45, 2.75) is 33.6 Å². The third-order valence-electron chi connectivity index (χ3n) is 2.27. The molecule has 0 bridgehead atoms. The molecule has 1 rings (SSSR count). The molecule has 0 aromatic carbocycles. The highest BCUT2D eigenvalue weighted by molar-refractivity contribution is 4.83. The van der Waals surface area contributed by atoms with Gasteiger partial charge in [0.05, 0.1) is 0 Å². The third kappa shape index (κ3) is 3.87. The molecule has 4 heteroatoms. The number of nitrogens with zero attached hydrogens (tertiary/aromatic N) is 2. The van der Waals surface area contributed by atoms with E-state index < -0.39 is 0 Å². The van der Waals surface area contributed by atoms with Crippen LogP contribution in [0.3, 0.4) is 0 Å². The van der Waals surface area contributed by atoms with Gasteiger partial charge in [0.2, 0.25) is 5.89 Å². The van der Waals surface area contributed by atoms with Crippen LogP contribution < -0.4 is 5.32 Å². The van der Waals surface area contributed by atoms with Crippen LogP contribution >= 0.6 is 0 Å². The fourth-order valence-electron chi connectivity index (χ4n) is 1.13. The SMILES string of the molecule is CCC(C)CNCCc1nc(C)no1. The van der Waals surface area contributed by atoms with E-state index in [-0.39, 0.29) is 0 Å². The summed E-state index contributed by atoms with van der Waals surface area (Å²) in [7, 11) is 0. The van der Waals surface area contributed by atoms with Crippen LogP contribution in [-0.2, 0) is 6.42 Å². The Morgan fingerprint density at radius 3 is 2.86 bits per heavy atom. The number of aryl methyl sites for hydroxylation is 1. The Kier molecular flexibility index (Phi) is 4.59. The molecule has 0 spiro atoms. The van der Waals surface area contributed by atoms with Crippen LogP contribution in [0, 0.1) is 12.8 Å². The maximum Gasteiger partial charge on any atom is 0.227 e. The first-order valence-corrected chi connectivity index (χ1v) is 5.22. The van der Waals surface area contributed by atoms with Crippen molar-refractivity contribution in [2.24, 2.45) is 5.92 Å². The van der Waals surface area contributed by atoms with Crippen molar-refractivity contribution in [1.82, 2.24) is 15.5 Å². The molecule has 0 saturated heterocycles. The normalized spacial score (nSPS) is 13.1. The largest absolute Gasteiger partial charge is 0.339 e. The van der Waals surface area contributed by atoms with E-state index in [1.165, 1.54) is 6.42 Å². The molecule has 0 aliphatic heterocycles. The Morgan fingerprint density at radius 1 is 1.50 bits per heavy atom. The number of hydrogen-bond donors (Lipinski definition) is 1. The molecule has 14 heavy (non-hydrogen) atoms. The summed E-state index contributed by atoms with van der Waals surface area (Å²) < 4.78 is 5.00. The zero-order valence-electron chi connectivity index (χ0n) is 9.21. The smallest absolute Gasteiger partial charge is 0.227 e. The van der Waals surface area contributed by atoms with Gasteiger partial charge in [-0.05, 0) is 19.4 Å². The lowest BCUT2D eigenvalue weighted by molar-refractivity contribution is 0.370. The summed E-state index contributed by atoms with van der Waals surface area (Å²) in [6.07, 6.45) is 2.03. The van der Waals surface area contributed by atoms with Crippen LogP contribution in [0.5, 0.6) is 0 Å². The fraction of sp³-hybridized carbons (Fsp3) is 0.800. The van der Waals surface area contributed by atoms with Crippen LogP contribution in [-0.4, -0.2) is 23.2 Å². The maximum absolute atomic E-state index is 5.00.